The van der Waals surface area contributed by atoms with Crippen molar-refractivity contribution in [1.29, 1.82) is 0 Å². The molecule has 11 heteroatoms. The fourth-order valence-corrected chi connectivity index (χ4v) is 5.06. The molecule has 0 saturated heterocycles. The van der Waals surface area contributed by atoms with E-state index in [2.05, 4.69) is 5.32 Å². The molecule has 0 aromatic rings. The van der Waals surface area contributed by atoms with E-state index in [-0.39, 0.29) is 47.2 Å². The molecule has 4 N–H and O–H groups in total. The van der Waals surface area contributed by atoms with Gasteiger partial charge in [0.1, 0.15) is 6.10 Å². The van der Waals surface area contributed by atoms with E-state index in [9.17, 15) is 24.3 Å². The average molecular weight is 563 g/mol. The van der Waals surface area contributed by atoms with Gasteiger partial charge in [-0.25, -0.2) is 4.79 Å². The van der Waals surface area contributed by atoms with E-state index in [1.54, 1.807) is 39.0 Å². The van der Waals surface area contributed by atoms with Crippen molar-refractivity contribution in [2.75, 3.05) is 21.3 Å². The van der Waals surface area contributed by atoms with Crippen LogP contribution in [0.4, 0.5) is 4.79 Å². The number of hydrogen-bond donors (Lipinski definition) is 3. The topological polar surface area (TPSA) is 163 Å². The molecule has 1 aliphatic carbocycles. The van der Waals surface area contributed by atoms with Crippen LogP contribution in [0.25, 0.3) is 0 Å². The number of fused-ring (bicyclic) bond motifs is 2. The van der Waals surface area contributed by atoms with Gasteiger partial charge in [0.15, 0.2) is 23.4 Å². The number of nitrogens with two attached hydrogens (primary N) is 1. The number of methoxy groups -OCH3 is 3. The zero-order chi connectivity index (χ0) is 30.1. The molecule has 2 amide bonds. The van der Waals surface area contributed by atoms with Crippen LogP contribution in [-0.2, 0) is 33.3 Å². The second-order valence-corrected chi connectivity index (χ2v) is 10.4. The summed E-state index contributed by atoms with van der Waals surface area (Å²) in [5.41, 5.74) is 6.40. The van der Waals surface area contributed by atoms with Gasteiger partial charge < -0.3 is 35.1 Å². The number of ketones is 2. The van der Waals surface area contributed by atoms with E-state index in [1.165, 1.54) is 27.4 Å². The van der Waals surface area contributed by atoms with Crippen LogP contribution in [-0.4, -0.2) is 80.5 Å². The number of allylic oxidation sites excluding steroid dienone is 3. The van der Waals surface area contributed by atoms with E-state index >= 15 is 0 Å². The Morgan fingerprint density at radius 3 is 2.33 bits per heavy atom. The molecule has 1 unspecified atom stereocenters. The number of hydrogen-bond acceptors (Lipinski definition) is 9. The number of Topliss-reactive ketones (excluding diaryl/α,β-unsaturated/α-hetero) is 2. The number of aliphatic hydroxyl groups is 1. The summed E-state index contributed by atoms with van der Waals surface area (Å²) in [6.07, 6.45) is 2.54. The standard InChI is InChI=1S/C29H42N2O9/c1-15-11-19-25(34)20(14-21(32)27(19)39-7)31-28(35)16(2)9-8-10-22(37-5)26(40-29(30)36)18(4)13-17(3)24(33)23(12-15)38-6/h8-10,13,15,17,20,22-24,26,33H,11-12,14H2,1-7H3,(H2,30,36)(H,31,35)/b10-8-,16-9+,18-13+/t15-,17+,20?,22+,23+,24-,26+/m1/s1. The van der Waals surface area contributed by atoms with Crippen molar-refractivity contribution in [1.82, 2.24) is 5.32 Å². The van der Waals surface area contributed by atoms with Crippen molar-refractivity contribution in [3.63, 3.8) is 0 Å². The highest BCUT2D eigenvalue weighted by atomic mass is 16.6. The Balaban J connectivity index is 2.58. The van der Waals surface area contributed by atoms with Gasteiger partial charge >= 0.3 is 6.09 Å². The zero-order valence-electron chi connectivity index (χ0n) is 24.3. The summed E-state index contributed by atoms with van der Waals surface area (Å²) < 4.78 is 21.8. The Morgan fingerprint density at radius 2 is 1.75 bits per heavy atom. The average Bonchev–Trinajstić information content (AvgIpc) is 2.90. The maximum absolute atomic E-state index is 13.4. The Labute approximate surface area is 235 Å². The molecule has 11 nitrogen and oxygen atoms in total. The molecule has 2 aliphatic rings. The van der Waals surface area contributed by atoms with Gasteiger partial charge in [0.25, 0.3) is 0 Å². The summed E-state index contributed by atoms with van der Waals surface area (Å²) in [4.78, 5) is 50.8. The number of amides is 2. The van der Waals surface area contributed by atoms with Crippen molar-refractivity contribution in [2.24, 2.45) is 17.6 Å². The number of carbonyl (C=O) groups excluding carboxylic acids is 4. The lowest BCUT2D eigenvalue weighted by Gasteiger charge is -2.30. The second-order valence-electron chi connectivity index (χ2n) is 10.4. The SMILES string of the molecule is COC1=C2C[C@@H](C)C[C@H](OC)[C@H](O)[C@@H](C)/C=C(\C)[C@H](OC(N)=O)[C@@H](OC)/C=C\C=C(/C)C(=O)NC(CC1=O)C2=O. The molecule has 7 atom stereocenters. The number of carbonyl (C=O) groups is 4. The van der Waals surface area contributed by atoms with Gasteiger partial charge in [-0.3, -0.25) is 14.4 Å². The first-order valence-electron chi connectivity index (χ1n) is 13.2. The van der Waals surface area contributed by atoms with E-state index in [4.69, 9.17) is 24.7 Å². The maximum Gasteiger partial charge on any atom is 0.405 e. The number of aliphatic hydroxyl groups excluding tert-OH is 1. The molecular weight excluding hydrogens is 520 g/mol. The molecule has 2 rings (SSSR count). The summed E-state index contributed by atoms with van der Waals surface area (Å²) in [6, 6.07) is -1.04. The Hall–Kier alpha value is -3.28. The highest BCUT2D eigenvalue weighted by molar-refractivity contribution is 6.14. The van der Waals surface area contributed by atoms with Crippen molar-refractivity contribution in [3.8, 4) is 0 Å². The first-order valence-corrected chi connectivity index (χ1v) is 13.2. The molecular formula is C29H42N2O9. The predicted octanol–water partition coefficient (Wildman–Crippen LogP) is 2.28. The monoisotopic (exact) mass is 562 g/mol. The van der Waals surface area contributed by atoms with Gasteiger partial charge in [0.2, 0.25) is 5.91 Å². The predicted molar refractivity (Wildman–Crippen MR) is 147 cm³/mol. The second kappa shape index (κ2) is 14.9. The molecule has 222 valence electrons. The lowest BCUT2D eigenvalue weighted by molar-refractivity contribution is -0.129. The Morgan fingerprint density at radius 1 is 1.07 bits per heavy atom. The summed E-state index contributed by atoms with van der Waals surface area (Å²) in [6.45, 7) is 6.98. The molecule has 2 bridgehead atoms. The van der Waals surface area contributed by atoms with E-state index in [0.29, 0.717) is 12.0 Å². The molecule has 40 heavy (non-hydrogen) atoms. The first-order chi connectivity index (χ1) is 18.8. The third kappa shape index (κ3) is 8.36. The lowest BCUT2D eigenvalue weighted by Crippen LogP contribution is -2.46. The minimum absolute atomic E-state index is 0.00372. The van der Waals surface area contributed by atoms with E-state index in [0.717, 1.165) is 0 Å². The number of primary amides is 1. The van der Waals surface area contributed by atoms with Crippen molar-refractivity contribution in [3.05, 3.63) is 46.8 Å². The van der Waals surface area contributed by atoms with Crippen LogP contribution in [0, 0.1) is 11.8 Å². The molecule has 0 radical (unpaired) electrons. The van der Waals surface area contributed by atoms with Gasteiger partial charge in [-0.2, -0.15) is 0 Å². The van der Waals surface area contributed by atoms with Crippen LogP contribution < -0.4 is 11.1 Å². The van der Waals surface area contributed by atoms with Gasteiger partial charge in [0, 0.05) is 37.7 Å². The van der Waals surface area contributed by atoms with Gasteiger partial charge in [-0.1, -0.05) is 38.2 Å². The minimum Gasteiger partial charge on any atom is -0.493 e. The fraction of sp³-hybridized carbons (Fsp3) is 0.586. The Kier molecular flexibility index (Phi) is 12.3. The zero-order valence-corrected chi connectivity index (χ0v) is 24.3. The summed E-state index contributed by atoms with van der Waals surface area (Å²) in [7, 11) is 4.26. The molecule has 0 aromatic heterocycles. The molecule has 0 aromatic carbocycles. The lowest BCUT2D eigenvalue weighted by atomic mass is 9.83. The third-order valence-electron chi connectivity index (χ3n) is 7.24. The van der Waals surface area contributed by atoms with Crippen LogP contribution >= 0.6 is 0 Å². The van der Waals surface area contributed by atoms with E-state index in [1.807, 2.05) is 6.92 Å². The van der Waals surface area contributed by atoms with Crippen LogP contribution in [0.5, 0.6) is 0 Å². The normalized spacial score (nSPS) is 34.7. The molecule has 1 heterocycles. The van der Waals surface area contributed by atoms with Crippen molar-refractivity contribution < 1.29 is 43.2 Å². The molecule has 0 fully saturated rings. The summed E-state index contributed by atoms with van der Waals surface area (Å²) in [5.74, 6) is -1.91. The maximum atomic E-state index is 13.4. The number of nitrogens with one attached hydrogen (secondary N) is 1. The largest absolute Gasteiger partial charge is 0.493 e. The van der Waals surface area contributed by atoms with Crippen LogP contribution in [0.15, 0.2) is 46.8 Å². The number of rotatable bonds is 4. The first kappa shape index (κ1) is 32.9. The third-order valence-corrected chi connectivity index (χ3v) is 7.24. The highest BCUT2D eigenvalue weighted by Crippen LogP contribution is 2.30. The van der Waals surface area contributed by atoms with E-state index < -0.39 is 48.4 Å². The van der Waals surface area contributed by atoms with Crippen LogP contribution in [0.3, 0.4) is 0 Å². The van der Waals surface area contributed by atoms with Gasteiger partial charge in [-0.15, -0.1) is 0 Å². The molecule has 0 saturated carbocycles. The summed E-state index contributed by atoms with van der Waals surface area (Å²) in [5, 5.41) is 13.8. The Bertz CT molecular complexity index is 1090. The van der Waals surface area contributed by atoms with Crippen molar-refractivity contribution >= 4 is 23.6 Å². The fourth-order valence-electron chi connectivity index (χ4n) is 5.06. The van der Waals surface area contributed by atoms with Crippen molar-refractivity contribution in [2.45, 2.75) is 77.4 Å². The highest BCUT2D eigenvalue weighted by Gasteiger charge is 2.38. The van der Waals surface area contributed by atoms with Crippen LogP contribution in [0.2, 0.25) is 0 Å². The smallest absolute Gasteiger partial charge is 0.405 e. The number of ether oxygens (including phenoxy) is 4. The summed E-state index contributed by atoms with van der Waals surface area (Å²) >= 11 is 0. The quantitative estimate of drug-likeness (QED) is 0.436. The van der Waals surface area contributed by atoms with Gasteiger partial charge in [0.05, 0.1) is 25.4 Å². The van der Waals surface area contributed by atoms with Crippen LogP contribution in [0.1, 0.15) is 47.0 Å². The molecule has 1 aliphatic heterocycles. The minimum atomic E-state index is -1.04. The molecule has 0 spiro atoms. The van der Waals surface area contributed by atoms with Gasteiger partial charge in [-0.05, 0) is 38.2 Å².